The highest BCUT2D eigenvalue weighted by Gasteiger charge is 2.20. The largest absolute Gasteiger partial charge is 0.325 e. The van der Waals surface area contributed by atoms with E-state index in [2.05, 4.69) is 29.0 Å². The number of carbonyl (C=O) groups is 1. The second kappa shape index (κ2) is 9.52. The predicted molar refractivity (Wildman–Crippen MR) is 115 cm³/mol. The van der Waals surface area contributed by atoms with Crippen molar-refractivity contribution in [2.24, 2.45) is 0 Å². The monoisotopic (exact) mass is 410 g/mol. The second-order valence-electron chi connectivity index (χ2n) is 6.51. The molecule has 1 N–H and O–H groups in total. The van der Waals surface area contributed by atoms with Gasteiger partial charge in [0.25, 0.3) is 0 Å². The Kier molecular flexibility index (Phi) is 6.82. The van der Waals surface area contributed by atoms with Crippen LogP contribution < -0.4 is 5.32 Å². The number of aromatic nitrogens is 3. The Balaban J connectivity index is 1.75. The molecule has 5 nitrogen and oxygen atoms in total. The van der Waals surface area contributed by atoms with Gasteiger partial charge in [-0.2, -0.15) is 0 Å². The fourth-order valence-electron chi connectivity index (χ4n) is 2.76. The third kappa shape index (κ3) is 5.12. The average Bonchev–Trinajstić information content (AvgIpc) is 3.11. The van der Waals surface area contributed by atoms with Gasteiger partial charge in [0.05, 0.1) is 5.25 Å². The lowest BCUT2D eigenvalue weighted by Crippen LogP contribution is -2.23. The molecule has 3 aromatic rings. The Morgan fingerprint density at radius 2 is 1.90 bits per heavy atom. The molecule has 1 aromatic heterocycles. The first-order valence-electron chi connectivity index (χ1n) is 9.38. The van der Waals surface area contributed by atoms with Gasteiger partial charge in [0.1, 0.15) is 5.82 Å². The van der Waals surface area contributed by atoms with E-state index in [1.54, 1.807) is 18.2 Å². The molecular weight excluding hydrogens is 387 g/mol. The summed E-state index contributed by atoms with van der Waals surface area (Å²) >= 11 is 1.32. The molecule has 3 rings (SSSR count). The highest BCUT2D eigenvalue weighted by atomic mass is 32.2. The van der Waals surface area contributed by atoms with E-state index in [0.717, 1.165) is 17.7 Å². The molecule has 7 heteroatoms. The first-order chi connectivity index (χ1) is 14.0. The molecule has 0 aliphatic carbocycles. The summed E-state index contributed by atoms with van der Waals surface area (Å²) in [5.74, 6) is 0.182. The van der Waals surface area contributed by atoms with Crippen LogP contribution in [0.5, 0.6) is 0 Å². The Morgan fingerprint density at radius 1 is 1.21 bits per heavy atom. The minimum Gasteiger partial charge on any atom is -0.325 e. The number of nitrogens with zero attached hydrogens (tertiary/aromatic N) is 3. The minimum atomic E-state index is -0.380. The fraction of sp³-hybridized carbons (Fsp3) is 0.227. The molecule has 2 aromatic carbocycles. The standard InChI is InChI=1S/C22H23FN4OS/c1-4-14-27-20(17-8-10-18(23)11-9-17)25-26-22(27)29-15(3)21(28)24-19-12-6-16(5-2)7-13-19/h4,6-13,15H,1,5,14H2,2-3H3,(H,24,28)/t15-/m1/s1. The van der Waals surface area contributed by atoms with Crippen molar-refractivity contribution in [1.82, 2.24) is 14.8 Å². The number of thioether (sulfide) groups is 1. The molecular formula is C22H23FN4OS. The van der Waals surface area contributed by atoms with Gasteiger partial charge < -0.3 is 5.32 Å². The number of aryl methyl sites for hydroxylation is 1. The maximum atomic E-state index is 13.2. The summed E-state index contributed by atoms with van der Waals surface area (Å²) in [4.78, 5) is 12.6. The summed E-state index contributed by atoms with van der Waals surface area (Å²) in [6.07, 6.45) is 2.69. The van der Waals surface area contributed by atoms with E-state index in [0.29, 0.717) is 17.5 Å². The second-order valence-corrected chi connectivity index (χ2v) is 7.82. The van der Waals surface area contributed by atoms with Gasteiger partial charge in [-0.25, -0.2) is 4.39 Å². The highest BCUT2D eigenvalue weighted by Crippen LogP contribution is 2.27. The Bertz CT molecular complexity index is 983. The van der Waals surface area contributed by atoms with Crippen molar-refractivity contribution in [3.05, 3.63) is 72.6 Å². The van der Waals surface area contributed by atoms with E-state index in [1.807, 2.05) is 35.8 Å². The number of nitrogens with one attached hydrogen (secondary N) is 1. The van der Waals surface area contributed by atoms with Crippen molar-refractivity contribution in [2.75, 3.05) is 5.32 Å². The van der Waals surface area contributed by atoms with E-state index in [9.17, 15) is 9.18 Å². The maximum absolute atomic E-state index is 13.2. The topological polar surface area (TPSA) is 59.8 Å². The van der Waals surface area contributed by atoms with Gasteiger partial charge in [-0.3, -0.25) is 9.36 Å². The molecule has 1 heterocycles. The molecule has 29 heavy (non-hydrogen) atoms. The summed E-state index contributed by atoms with van der Waals surface area (Å²) in [5, 5.41) is 11.6. The maximum Gasteiger partial charge on any atom is 0.237 e. The number of hydrogen-bond acceptors (Lipinski definition) is 4. The van der Waals surface area contributed by atoms with Gasteiger partial charge in [-0.05, 0) is 55.3 Å². The first kappa shape index (κ1) is 20.8. The normalized spacial score (nSPS) is 11.8. The zero-order valence-electron chi connectivity index (χ0n) is 16.4. The van der Waals surface area contributed by atoms with Crippen LogP contribution >= 0.6 is 11.8 Å². The van der Waals surface area contributed by atoms with Crippen molar-refractivity contribution in [2.45, 2.75) is 37.2 Å². The van der Waals surface area contributed by atoms with Gasteiger partial charge in [0.15, 0.2) is 11.0 Å². The number of halogens is 1. The lowest BCUT2D eigenvalue weighted by Gasteiger charge is -2.13. The Labute approximate surface area is 174 Å². The Morgan fingerprint density at radius 3 is 2.52 bits per heavy atom. The summed E-state index contributed by atoms with van der Waals surface area (Å²) in [5.41, 5.74) is 2.73. The van der Waals surface area contributed by atoms with Crippen LogP contribution in [0.2, 0.25) is 0 Å². The SMILES string of the molecule is C=CCn1c(S[C@H](C)C(=O)Nc2ccc(CC)cc2)nnc1-c1ccc(F)cc1. The molecule has 150 valence electrons. The third-order valence-corrected chi connectivity index (χ3v) is 5.49. The van der Waals surface area contributed by atoms with E-state index >= 15 is 0 Å². The van der Waals surface area contributed by atoms with E-state index in [1.165, 1.54) is 29.5 Å². The van der Waals surface area contributed by atoms with Gasteiger partial charge in [-0.15, -0.1) is 16.8 Å². The average molecular weight is 411 g/mol. The summed E-state index contributed by atoms with van der Waals surface area (Å²) < 4.78 is 15.1. The lowest BCUT2D eigenvalue weighted by atomic mass is 10.1. The van der Waals surface area contributed by atoms with Crippen LogP contribution in [-0.4, -0.2) is 25.9 Å². The van der Waals surface area contributed by atoms with Gasteiger partial charge in [0, 0.05) is 17.8 Å². The number of hydrogen-bond donors (Lipinski definition) is 1. The zero-order valence-corrected chi connectivity index (χ0v) is 17.2. The number of allylic oxidation sites excluding steroid dienone is 1. The molecule has 1 atom stereocenters. The lowest BCUT2D eigenvalue weighted by molar-refractivity contribution is -0.115. The van der Waals surface area contributed by atoms with E-state index in [4.69, 9.17) is 0 Å². The van der Waals surface area contributed by atoms with Crippen LogP contribution in [0.25, 0.3) is 11.4 Å². The van der Waals surface area contributed by atoms with Crippen molar-refractivity contribution >= 4 is 23.4 Å². The number of rotatable bonds is 8. The molecule has 0 fully saturated rings. The molecule has 0 bridgehead atoms. The summed E-state index contributed by atoms with van der Waals surface area (Å²) in [7, 11) is 0. The molecule has 0 saturated carbocycles. The number of amides is 1. The van der Waals surface area contributed by atoms with Crippen molar-refractivity contribution in [1.29, 1.82) is 0 Å². The molecule has 0 saturated heterocycles. The zero-order chi connectivity index (χ0) is 20.8. The van der Waals surface area contributed by atoms with Crippen LogP contribution in [0.15, 0.2) is 66.3 Å². The van der Waals surface area contributed by atoms with E-state index in [-0.39, 0.29) is 17.0 Å². The number of benzene rings is 2. The van der Waals surface area contributed by atoms with Gasteiger partial charge in [0.2, 0.25) is 5.91 Å². The highest BCUT2D eigenvalue weighted by molar-refractivity contribution is 8.00. The van der Waals surface area contributed by atoms with Crippen LogP contribution in [0.4, 0.5) is 10.1 Å². The number of carbonyl (C=O) groups excluding carboxylic acids is 1. The quantitative estimate of drug-likeness (QED) is 0.422. The van der Waals surface area contributed by atoms with Gasteiger partial charge >= 0.3 is 0 Å². The van der Waals surface area contributed by atoms with Crippen molar-refractivity contribution in [3.63, 3.8) is 0 Å². The summed E-state index contributed by atoms with van der Waals surface area (Å²) in [6.45, 7) is 8.18. The molecule has 0 spiro atoms. The first-order valence-corrected chi connectivity index (χ1v) is 10.3. The molecule has 0 aliphatic rings. The van der Waals surface area contributed by atoms with Crippen molar-refractivity contribution in [3.8, 4) is 11.4 Å². The molecule has 0 aliphatic heterocycles. The molecule has 1 amide bonds. The fourth-order valence-corrected chi connectivity index (χ4v) is 3.62. The van der Waals surface area contributed by atoms with Crippen LogP contribution in [-0.2, 0) is 17.8 Å². The smallest absolute Gasteiger partial charge is 0.237 e. The molecule has 0 unspecified atom stereocenters. The van der Waals surface area contributed by atoms with E-state index < -0.39 is 0 Å². The van der Waals surface area contributed by atoms with Crippen LogP contribution in [0.3, 0.4) is 0 Å². The predicted octanol–water partition coefficient (Wildman–Crippen LogP) is 4.95. The van der Waals surface area contributed by atoms with Crippen LogP contribution in [0, 0.1) is 5.82 Å². The minimum absolute atomic E-state index is 0.115. The third-order valence-electron chi connectivity index (χ3n) is 4.41. The summed E-state index contributed by atoms with van der Waals surface area (Å²) in [6, 6.07) is 13.9. The van der Waals surface area contributed by atoms with Crippen LogP contribution in [0.1, 0.15) is 19.4 Å². The van der Waals surface area contributed by atoms with Crippen molar-refractivity contribution < 1.29 is 9.18 Å². The Hall–Kier alpha value is -2.93. The molecule has 0 radical (unpaired) electrons. The number of anilines is 1. The van der Waals surface area contributed by atoms with Gasteiger partial charge in [-0.1, -0.05) is 36.9 Å².